The number of carbonyl (C=O) groups is 3. The number of ether oxygens (including phenoxy) is 3. The quantitative estimate of drug-likeness (QED) is 0.221. The predicted molar refractivity (Wildman–Crippen MR) is 129 cm³/mol. The van der Waals surface area contributed by atoms with Crippen LogP contribution in [0.4, 0.5) is 5.69 Å². The maximum absolute atomic E-state index is 12.7. The SMILES string of the molecule is CCOC(=O)c1ccc(NC(=O)/C(C#N)=C/c2ccccc2OC(=O)c2ccc(OC)cc2)cc1. The number of nitriles is 1. The maximum Gasteiger partial charge on any atom is 0.343 e. The number of amides is 1. The van der Waals surface area contributed by atoms with E-state index in [1.807, 2.05) is 6.07 Å². The summed E-state index contributed by atoms with van der Waals surface area (Å²) in [6.45, 7) is 1.96. The molecule has 0 heterocycles. The van der Waals surface area contributed by atoms with Crippen LogP contribution in [0.1, 0.15) is 33.2 Å². The monoisotopic (exact) mass is 470 g/mol. The summed E-state index contributed by atoms with van der Waals surface area (Å²) in [7, 11) is 1.53. The van der Waals surface area contributed by atoms with Crippen LogP contribution in [0.5, 0.6) is 11.5 Å². The number of nitrogens with zero attached hydrogens (tertiary/aromatic N) is 1. The summed E-state index contributed by atoms with van der Waals surface area (Å²) in [5.74, 6) is -0.938. The molecule has 0 saturated carbocycles. The molecule has 0 bridgehead atoms. The zero-order valence-electron chi connectivity index (χ0n) is 19.1. The first kappa shape index (κ1) is 24.7. The van der Waals surface area contributed by atoms with Gasteiger partial charge in [-0.05, 0) is 67.6 Å². The van der Waals surface area contributed by atoms with Gasteiger partial charge in [-0.2, -0.15) is 5.26 Å². The van der Waals surface area contributed by atoms with Crippen molar-refractivity contribution in [1.29, 1.82) is 5.26 Å². The van der Waals surface area contributed by atoms with Crippen LogP contribution in [0.2, 0.25) is 0 Å². The molecule has 0 aliphatic heterocycles. The van der Waals surface area contributed by atoms with Crippen molar-refractivity contribution in [2.45, 2.75) is 6.92 Å². The zero-order valence-corrected chi connectivity index (χ0v) is 19.1. The number of para-hydroxylation sites is 1. The normalized spacial score (nSPS) is 10.6. The van der Waals surface area contributed by atoms with Gasteiger partial charge in [0.05, 0.1) is 24.8 Å². The van der Waals surface area contributed by atoms with Crippen LogP contribution < -0.4 is 14.8 Å². The largest absolute Gasteiger partial charge is 0.497 e. The molecule has 0 aliphatic rings. The van der Waals surface area contributed by atoms with Crippen molar-refractivity contribution in [3.63, 3.8) is 0 Å². The summed E-state index contributed by atoms with van der Waals surface area (Å²) in [4.78, 5) is 37.0. The Labute approximate surface area is 202 Å². The minimum atomic E-state index is -0.660. The first-order valence-corrected chi connectivity index (χ1v) is 10.6. The van der Waals surface area contributed by atoms with Gasteiger partial charge in [0.25, 0.3) is 5.91 Å². The molecule has 0 fully saturated rings. The Hall–Kier alpha value is -4.90. The van der Waals surface area contributed by atoms with Crippen molar-refractivity contribution in [1.82, 2.24) is 0 Å². The van der Waals surface area contributed by atoms with E-state index in [-0.39, 0.29) is 17.9 Å². The Morgan fingerprint density at radius 1 is 0.914 bits per heavy atom. The van der Waals surface area contributed by atoms with Gasteiger partial charge < -0.3 is 19.5 Å². The van der Waals surface area contributed by atoms with E-state index in [1.54, 1.807) is 55.5 Å². The molecular formula is C27H22N2O6. The Bertz CT molecular complexity index is 1290. The maximum atomic E-state index is 12.7. The molecule has 0 unspecified atom stereocenters. The second kappa shape index (κ2) is 11.8. The smallest absolute Gasteiger partial charge is 0.343 e. The lowest BCUT2D eigenvalue weighted by Gasteiger charge is -2.09. The average Bonchev–Trinajstić information content (AvgIpc) is 2.88. The number of benzene rings is 3. The average molecular weight is 470 g/mol. The fraction of sp³-hybridized carbons (Fsp3) is 0.111. The number of anilines is 1. The van der Waals surface area contributed by atoms with E-state index < -0.39 is 17.8 Å². The molecule has 3 rings (SSSR count). The van der Waals surface area contributed by atoms with Crippen LogP contribution in [0.15, 0.2) is 78.4 Å². The number of nitrogens with one attached hydrogen (secondary N) is 1. The predicted octanol–water partition coefficient (Wildman–Crippen LogP) is 4.64. The van der Waals surface area contributed by atoms with E-state index in [1.165, 1.54) is 37.5 Å². The molecule has 176 valence electrons. The highest BCUT2D eigenvalue weighted by Crippen LogP contribution is 2.23. The lowest BCUT2D eigenvalue weighted by molar-refractivity contribution is -0.112. The minimum absolute atomic E-state index is 0.188. The van der Waals surface area contributed by atoms with E-state index in [0.717, 1.165) is 0 Å². The zero-order chi connectivity index (χ0) is 25.2. The van der Waals surface area contributed by atoms with Gasteiger partial charge in [-0.3, -0.25) is 4.79 Å². The Kier molecular flexibility index (Phi) is 8.35. The Morgan fingerprint density at radius 3 is 2.17 bits per heavy atom. The van der Waals surface area contributed by atoms with Crippen LogP contribution in [0.3, 0.4) is 0 Å². The fourth-order valence-electron chi connectivity index (χ4n) is 2.99. The van der Waals surface area contributed by atoms with Crippen molar-refractivity contribution >= 4 is 29.6 Å². The van der Waals surface area contributed by atoms with Crippen molar-refractivity contribution < 1.29 is 28.6 Å². The molecule has 1 amide bonds. The Morgan fingerprint density at radius 2 is 1.54 bits per heavy atom. The molecule has 1 N–H and O–H groups in total. The second-order valence-electron chi connectivity index (χ2n) is 7.08. The van der Waals surface area contributed by atoms with E-state index >= 15 is 0 Å². The van der Waals surface area contributed by atoms with Crippen LogP contribution >= 0.6 is 0 Å². The summed E-state index contributed by atoms with van der Waals surface area (Å²) in [5.41, 5.74) is 1.22. The molecular weight excluding hydrogens is 448 g/mol. The van der Waals surface area contributed by atoms with Crippen LogP contribution in [0.25, 0.3) is 6.08 Å². The summed E-state index contributed by atoms with van der Waals surface area (Å²) < 4.78 is 15.5. The lowest BCUT2D eigenvalue weighted by Crippen LogP contribution is -2.14. The van der Waals surface area contributed by atoms with Crippen molar-refractivity contribution in [2.75, 3.05) is 19.0 Å². The topological polar surface area (TPSA) is 115 Å². The van der Waals surface area contributed by atoms with E-state index in [0.29, 0.717) is 28.1 Å². The molecule has 0 saturated heterocycles. The molecule has 0 aliphatic carbocycles. The van der Waals surface area contributed by atoms with Crippen molar-refractivity contribution in [3.8, 4) is 17.6 Å². The fourth-order valence-corrected chi connectivity index (χ4v) is 2.99. The number of rotatable bonds is 8. The molecule has 3 aromatic carbocycles. The van der Waals surface area contributed by atoms with Gasteiger partial charge >= 0.3 is 11.9 Å². The Balaban J connectivity index is 1.76. The van der Waals surface area contributed by atoms with Crippen LogP contribution in [-0.4, -0.2) is 31.6 Å². The molecule has 0 atom stereocenters. The highest BCUT2D eigenvalue weighted by atomic mass is 16.5. The highest BCUT2D eigenvalue weighted by Gasteiger charge is 2.15. The molecule has 8 nitrogen and oxygen atoms in total. The number of hydrogen-bond donors (Lipinski definition) is 1. The molecule has 0 radical (unpaired) electrons. The molecule has 0 aromatic heterocycles. The van der Waals surface area contributed by atoms with Crippen LogP contribution in [-0.2, 0) is 9.53 Å². The number of carbonyl (C=O) groups excluding carboxylic acids is 3. The van der Waals surface area contributed by atoms with E-state index in [2.05, 4.69) is 5.32 Å². The van der Waals surface area contributed by atoms with Crippen molar-refractivity contribution in [3.05, 3.63) is 95.1 Å². The molecule has 3 aromatic rings. The third kappa shape index (κ3) is 6.55. The summed E-state index contributed by atoms with van der Waals surface area (Å²) >= 11 is 0. The van der Waals surface area contributed by atoms with Crippen molar-refractivity contribution in [2.24, 2.45) is 0 Å². The van der Waals surface area contributed by atoms with Gasteiger partial charge in [0, 0.05) is 11.3 Å². The number of hydrogen-bond acceptors (Lipinski definition) is 7. The lowest BCUT2D eigenvalue weighted by atomic mass is 10.1. The number of esters is 2. The minimum Gasteiger partial charge on any atom is -0.497 e. The van der Waals surface area contributed by atoms with E-state index in [4.69, 9.17) is 14.2 Å². The second-order valence-corrected chi connectivity index (χ2v) is 7.08. The van der Waals surface area contributed by atoms with E-state index in [9.17, 15) is 19.6 Å². The molecule has 8 heteroatoms. The molecule has 0 spiro atoms. The number of methoxy groups -OCH3 is 1. The first-order valence-electron chi connectivity index (χ1n) is 10.6. The summed E-state index contributed by atoms with van der Waals surface area (Å²) in [5, 5.41) is 12.2. The van der Waals surface area contributed by atoms with Gasteiger partial charge in [0.2, 0.25) is 0 Å². The summed E-state index contributed by atoms with van der Waals surface area (Å²) in [6, 6.07) is 20.9. The highest BCUT2D eigenvalue weighted by molar-refractivity contribution is 6.10. The van der Waals surface area contributed by atoms with Gasteiger partial charge in [-0.25, -0.2) is 9.59 Å². The first-order chi connectivity index (χ1) is 16.9. The molecule has 35 heavy (non-hydrogen) atoms. The third-order valence-corrected chi connectivity index (χ3v) is 4.77. The van der Waals surface area contributed by atoms with Gasteiger partial charge in [0.1, 0.15) is 23.1 Å². The third-order valence-electron chi connectivity index (χ3n) is 4.77. The van der Waals surface area contributed by atoms with Gasteiger partial charge in [0.15, 0.2) is 0 Å². The standard InChI is InChI=1S/C27H22N2O6/c1-3-34-26(31)18-8-12-22(13-9-18)29-25(30)21(17-28)16-20-6-4-5-7-24(20)35-27(32)19-10-14-23(33-2)15-11-19/h4-16H,3H2,1-2H3,(H,29,30)/b21-16+. The van der Waals surface area contributed by atoms with Gasteiger partial charge in [-0.15, -0.1) is 0 Å². The van der Waals surface area contributed by atoms with Gasteiger partial charge in [-0.1, -0.05) is 18.2 Å². The summed E-state index contributed by atoms with van der Waals surface area (Å²) in [6.07, 6.45) is 1.33. The van der Waals surface area contributed by atoms with Crippen LogP contribution in [0, 0.1) is 11.3 Å².